The average Bonchev–Trinajstić information content (AvgIpc) is 3.29. The van der Waals surface area contributed by atoms with Crippen LogP contribution < -0.4 is 14.8 Å². The van der Waals surface area contributed by atoms with Crippen molar-refractivity contribution in [2.24, 2.45) is 0 Å². The van der Waals surface area contributed by atoms with Crippen molar-refractivity contribution in [2.45, 2.75) is 19.8 Å². The Kier molecular flexibility index (Phi) is 4.34. The highest BCUT2D eigenvalue weighted by Gasteiger charge is 2.21. The minimum atomic E-state index is -0.174. The molecule has 2 heterocycles. The van der Waals surface area contributed by atoms with E-state index in [1.54, 1.807) is 18.2 Å². The van der Waals surface area contributed by atoms with Gasteiger partial charge in [-0.1, -0.05) is 44.2 Å². The average molecular weight is 366 g/mol. The zero-order valence-electron chi connectivity index (χ0n) is 14.5. The van der Waals surface area contributed by atoms with Gasteiger partial charge in [0.05, 0.1) is 10.7 Å². The molecule has 1 N–H and O–H groups in total. The molecule has 5 nitrogen and oxygen atoms in total. The van der Waals surface area contributed by atoms with Crippen LogP contribution in [-0.2, 0) is 0 Å². The lowest BCUT2D eigenvalue weighted by atomic mass is 10.1. The molecule has 0 fully saturated rings. The number of amides is 1. The molecule has 0 unspecified atom stereocenters. The van der Waals surface area contributed by atoms with Crippen molar-refractivity contribution in [3.05, 3.63) is 58.4 Å². The molecule has 0 saturated carbocycles. The summed E-state index contributed by atoms with van der Waals surface area (Å²) in [4.78, 5) is 18.3. The molecule has 6 heteroatoms. The Balaban J connectivity index is 1.67. The number of hydrogen-bond donors (Lipinski definition) is 1. The third-order valence-corrected chi connectivity index (χ3v) is 5.38. The number of aromatic nitrogens is 1. The molecule has 0 saturated heterocycles. The van der Waals surface area contributed by atoms with Crippen molar-refractivity contribution in [3.63, 3.8) is 0 Å². The molecule has 1 aromatic heterocycles. The first-order valence-electron chi connectivity index (χ1n) is 8.39. The van der Waals surface area contributed by atoms with Crippen LogP contribution in [0.15, 0.2) is 48.5 Å². The van der Waals surface area contributed by atoms with Gasteiger partial charge in [0.25, 0.3) is 5.91 Å². The predicted octanol–water partition coefficient (Wildman–Crippen LogP) is 4.91. The normalized spacial score (nSPS) is 12.4. The Hall–Kier alpha value is -2.86. The van der Waals surface area contributed by atoms with E-state index in [0.29, 0.717) is 22.1 Å². The Morgan fingerprint density at radius 1 is 1.12 bits per heavy atom. The predicted molar refractivity (Wildman–Crippen MR) is 102 cm³/mol. The minimum Gasteiger partial charge on any atom is -0.454 e. The van der Waals surface area contributed by atoms with Gasteiger partial charge in [-0.25, -0.2) is 4.98 Å². The Bertz CT molecular complexity index is 951. The van der Waals surface area contributed by atoms with Crippen molar-refractivity contribution >= 4 is 22.9 Å². The second-order valence-electron chi connectivity index (χ2n) is 6.27. The van der Waals surface area contributed by atoms with E-state index in [1.165, 1.54) is 11.3 Å². The molecule has 1 amide bonds. The third kappa shape index (κ3) is 3.15. The number of hydrogen-bond acceptors (Lipinski definition) is 5. The molecule has 0 atom stereocenters. The summed E-state index contributed by atoms with van der Waals surface area (Å²) < 4.78 is 10.7. The molecule has 0 bridgehead atoms. The number of rotatable bonds is 4. The lowest BCUT2D eigenvalue weighted by molar-refractivity contribution is 0.103. The Morgan fingerprint density at radius 3 is 2.65 bits per heavy atom. The van der Waals surface area contributed by atoms with E-state index < -0.39 is 0 Å². The summed E-state index contributed by atoms with van der Waals surface area (Å²) in [6, 6.07) is 15.2. The van der Waals surface area contributed by atoms with Crippen LogP contribution in [-0.4, -0.2) is 17.7 Å². The van der Waals surface area contributed by atoms with E-state index in [-0.39, 0.29) is 18.6 Å². The molecular formula is C20H18N2O3S. The molecular weight excluding hydrogens is 348 g/mol. The lowest BCUT2D eigenvalue weighted by Gasteiger charge is -2.06. The summed E-state index contributed by atoms with van der Waals surface area (Å²) in [6.07, 6.45) is 0. The molecule has 2 aromatic carbocycles. The van der Waals surface area contributed by atoms with Gasteiger partial charge < -0.3 is 14.8 Å². The Labute approximate surface area is 155 Å². The smallest absolute Gasteiger partial charge is 0.268 e. The minimum absolute atomic E-state index is 0.174. The van der Waals surface area contributed by atoms with Crippen molar-refractivity contribution in [1.29, 1.82) is 0 Å². The molecule has 1 aliphatic heterocycles. The van der Waals surface area contributed by atoms with Crippen LogP contribution in [0.5, 0.6) is 11.5 Å². The van der Waals surface area contributed by atoms with E-state index >= 15 is 0 Å². The molecule has 4 rings (SSSR count). The fourth-order valence-electron chi connectivity index (χ4n) is 2.69. The number of thiazole rings is 1. The van der Waals surface area contributed by atoms with Gasteiger partial charge in [0, 0.05) is 23.2 Å². The first kappa shape index (κ1) is 16.6. The van der Waals surface area contributed by atoms with Gasteiger partial charge >= 0.3 is 0 Å². The summed E-state index contributed by atoms with van der Waals surface area (Å²) in [5.74, 6) is 1.41. The summed E-state index contributed by atoms with van der Waals surface area (Å²) in [5.41, 5.74) is 2.32. The second kappa shape index (κ2) is 6.80. The first-order valence-corrected chi connectivity index (χ1v) is 9.20. The van der Waals surface area contributed by atoms with Gasteiger partial charge in [0.15, 0.2) is 11.5 Å². The van der Waals surface area contributed by atoms with E-state index in [0.717, 1.165) is 16.3 Å². The van der Waals surface area contributed by atoms with E-state index in [9.17, 15) is 4.79 Å². The third-order valence-electron chi connectivity index (χ3n) is 4.02. The number of anilines is 1. The van der Waals surface area contributed by atoms with Gasteiger partial charge in [-0.15, -0.1) is 11.3 Å². The largest absolute Gasteiger partial charge is 0.454 e. The van der Waals surface area contributed by atoms with E-state index in [1.807, 2.05) is 30.3 Å². The molecule has 1 aliphatic rings. The van der Waals surface area contributed by atoms with Gasteiger partial charge in [-0.3, -0.25) is 4.79 Å². The van der Waals surface area contributed by atoms with E-state index in [2.05, 4.69) is 19.2 Å². The van der Waals surface area contributed by atoms with E-state index in [4.69, 9.17) is 14.5 Å². The SMILES string of the molecule is CC(C)c1nc(-c2ccccc2)c(C(=O)Nc2ccc3c(c2)OCO3)s1. The molecule has 26 heavy (non-hydrogen) atoms. The lowest BCUT2D eigenvalue weighted by Crippen LogP contribution is -2.11. The molecule has 0 aliphatic carbocycles. The van der Waals surface area contributed by atoms with Crippen LogP contribution in [0.1, 0.15) is 34.4 Å². The summed E-state index contributed by atoms with van der Waals surface area (Å²) in [6.45, 7) is 4.36. The maximum absolute atomic E-state index is 12.9. The molecule has 0 spiro atoms. The zero-order valence-corrected chi connectivity index (χ0v) is 15.3. The van der Waals surface area contributed by atoms with Crippen molar-refractivity contribution in [1.82, 2.24) is 4.98 Å². The number of nitrogens with zero attached hydrogens (tertiary/aromatic N) is 1. The maximum Gasteiger partial charge on any atom is 0.268 e. The quantitative estimate of drug-likeness (QED) is 0.712. The molecule has 0 radical (unpaired) electrons. The standard InChI is InChI=1S/C20H18N2O3S/c1-12(2)20-22-17(13-6-4-3-5-7-13)18(26-20)19(23)21-14-8-9-15-16(10-14)25-11-24-15/h3-10,12H,11H2,1-2H3,(H,21,23). The number of benzene rings is 2. The highest BCUT2D eigenvalue weighted by molar-refractivity contribution is 7.14. The van der Waals surface area contributed by atoms with Gasteiger partial charge in [0.1, 0.15) is 4.88 Å². The molecule has 3 aromatic rings. The topological polar surface area (TPSA) is 60.5 Å². The number of ether oxygens (including phenoxy) is 2. The van der Waals surface area contributed by atoms with Crippen LogP contribution in [0.2, 0.25) is 0 Å². The number of fused-ring (bicyclic) bond motifs is 1. The maximum atomic E-state index is 12.9. The van der Waals surface area contributed by atoms with Gasteiger partial charge in [-0.05, 0) is 12.1 Å². The summed E-state index contributed by atoms with van der Waals surface area (Å²) in [7, 11) is 0. The highest BCUT2D eigenvalue weighted by atomic mass is 32.1. The van der Waals surface area contributed by atoms with Crippen LogP contribution >= 0.6 is 11.3 Å². The van der Waals surface area contributed by atoms with Crippen molar-refractivity contribution < 1.29 is 14.3 Å². The van der Waals surface area contributed by atoms with Crippen LogP contribution in [0.4, 0.5) is 5.69 Å². The Morgan fingerprint density at radius 2 is 1.88 bits per heavy atom. The molecule has 132 valence electrons. The van der Waals surface area contributed by atoms with Gasteiger partial charge in [-0.2, -0.15) is 0 Å². The van der Waals surface area contributed by atoms with Crippen molar-refractivity contribution in [3.8, 4) is 22.8 Å². The fraction of sp³-hybridized carbons (Fsp3) is 0.200. The number of carbonyl (C=O) groups excluding carboxylic acids is 1. The van der Waals surface area contributed by atoms with Crippen LogP contribution in [0.3, 0.4) is 0 Å². The summed E-state index contributed by atoms with van der Waals surface area (Å²) >= 11 is 1.44. The van der Waals surface area contributed by atoms with Crippen molar-refractivity contribution in [2.75, 3.05) is 12.1 Å². The summed E-state index contributed by atoms with van der Waals surface area (Å²) in [5, 5.41) is 3.89. The second-order valence-corrected chi connectivity index (χ2v) is 7.30. The highest BCUT2D eigenvalue weighted by Crippen LogP contribution is 2.36. The fourth-order valence-corrected chi connectivity index (χ4v) is 3.68. The number of carbonyl (C=O) groups is 1. The first-order chi connectivity index (χ1) is 12.6. The van der Waals surface area contributed by atoms with Crippen LogP contribution in [0, 0.1) is 0 Å². The zero-order chi connectivity index (χ0) is 18.1. The van der Waals surface area contributed by atoms with Gasteiger partial charge in [0.2, 0.25) is 6.79 Å². The number of nitrogens with one attached hydrogen (secondary N) is 1. The monoisotopic (exact) mass is 366 g/mol. The van der Waals surface area contributed by atoms with Crippen LogP contribution in [0.25, 0.3) is 11.3 Å².